The zero-order valence-electron chi connectivity index (χ0n) is 17.5. The summed E-state index contributed by atoms with van der Waals surface area (Å²) >= 11 is 0. The van der Waals surface area contributed by atoms with E-state index in [1.54, 1.807) is 24.3 Å². The van der Waals surface area contributed by atoms with Gasteiger partial charge in [-0.05, 0) is 24.7 Å². The number of halogens is 1. The van der Waals surface area contributed by atoms with Crippen LogP contribution in [-0.2, 0) is 0 Å². The van der Waals surface area contributed by atoms with E-state index in [-0.39, 0.29) is 29.8 Å². The number of hydrogen-bond acceptors (Lipinski definition) is 5. The van der Waals surface area contributed by atoms with Gasteiger partial charge in [-0.15, -0.1) is 0 Å². The van der Waals surface area contributed by atoms with Crippen molar-refractivity contribution in [1.82, 2.24) is 20.1 Å². The highest BCUT2D eigenvalue weighted by Crippen LogP contribution is 2.21. The summed E-state index contributed by atoms with van der Waals surface area (Å²) in [4.78, 5) is 43.5. The number of fused-ring (bicyclic) bond motifs is 1. The zero-order chi connectivity index (χ0) is 22.1. The lowest BCUT2D eigenvalue weighted by molar-refractivity contribution is 0.0637. The van der Waals surface area contributed by atoms with Gasteiger partial charge in [0, 0.05) is 44.0 Å². The van der Waals surface area contributed by atoms with Gasteiger partial charge in [-0.1, -0.05) is 32.9 Å². The second kappa shape index (κ2) is 11.2. The molecule has 1 aliphatic heterocycles. The molecule has 1 aromatic carbocycles. The predicted octanol–water partition coefficient (Wildman–Crippen LogP) is 2.59. The largest absolute Gasteiger partial charge is 0.351 e. The molecule has 3 rings (SSSR count). The molecular weight excluding hydrogens is 387 g/mol. The number of likely N-dealkylation sites (N-methyl/N-ethyl adjacent to an activating group) is 1. The smallest absolute Gasteiger partial charge is 0.261 e. The Bertz CT molecular complexity index is 868. The third-order valence-electron chi connectivity index (χ3n) is 4.67. The number of nitrogens with one attached hydrogen (secondary N) is 1. The second-order valence-electron chi connectivity index (χ2n) is 6.36. The molecule has 0 unspecified atom stereocenters. The molecule has 0 aliphatic carbocycles. The molecule has 1 N–H and O–H groups in total. The molecule has 2 heterocycles. The fraction of sp³-hybridized carbons (Fsp3) is 0.364. The number of imide groups is 1. The Balaban J connectivity index is 0.00000155. The maximum absolute atomic E-state index is 13.1. The average molecular weight is 414 g/mol. The van der Waals surface area contributed by atoms with E-state index in [0.717, 1.165) is 6.07 Å². The Morgan fingerprint density at radius 1 is 1.10 bits per heavy atom. The van der Waals surface area contributed by atoms with Crippen molar-refractivity contribution in [3.05, 3.63) is 65.2 Å². The van der Waals surface area contributed by atoms with Crippen LogP contribution in [0.1, 0.15) is 51.8 Å². The molecule has 0 spiro atoms. The minimum Gasteiger partial charge on any atom is -0.351 e. The van der Waals surface area contributed by atoms with Gasteiger partial charge >= 0.3 is 0 Å². The number of nitrogens with zero attached hydrogens (tertiary/aromatic N) is 3. The molecule has 2 aromatic rings. The van der Waals surface area contributed by atoms with Crippen molar-refractivity contribution in [2.24, 2.45) is 0 Å². The van der Waals surface area contributed by atoms with Crippen LogP contribution in [0.2, 0.25) is 0 Å². The monoisotopic (exact) mass is 414 g/mol. The molecule has 3 amide bonds. The fourth-order valence-corrected chi connectivity index (χ4v) is 3.08. The van der Waals surface area contributed by atoms with Gasteiger partial charge in [0.05, 0.1) is 11.1 Å². The van der Waals surface area contributed by atoms with Crippen molar-refractivity contribution < 1.29 is 18.8 Å². The molecule has 0 bridgehead atoms. The average Bonchev–Trinajstić information content (AvgIpc) is 3.02. The highest BCUT2D eigenvalue weighted by Gasteiger charge is 2.34. The van der Waals surface area contributed by atoms with Crippen LogP contribution in [0.25, 0.3) is 0 Å². The second-order valence-corrected chi connectivity index (χ2v) is 6.36. The van der Waals surface area contributed by atoms with Crippen LogP contribution < -0.4 is 5.32 Å². The lowest BCUT2D eigenvalue weighted by atomic mass is 10.1. The van der Waals surface area contributed by atoms with Crippen LogP contribution in [0.4, 0.5) is 4.39 Å². The summed E-state index contributed by atoms with van der Waals surface area (Å²) in [5, 5.41) is 2.73. The van der Waals surface area contributed by atoms with E-state index in [9.17, 15) is 18.8 Å². The first-order valence-electron chi connectivity index (χ1n) is 10.1. The van der Waals surface area contributed by atoms with Crippen LogP contribution >= 0.6 is 0 Å². The van der Waals surface area contributed by atoms with Crippen LogP contribution in [0.15, 0.2) is 42.6 Å². The van der Waals surface area contributed by atoms with Crippen molar-refractivity contribution in [2.45, 2.75) is 20.8 Å². The molecule has 1 aliphatic rings. The molecular formula is C22H27FN4O3. The van der Waals surface area contributed by atoms with Crippen molar-refractivity contribution in [3.63, 3.8) is 0 Å². The highest BCUT2D eigenvalue weighted by atomic mass is 19.1. The van der Waals surface area contributed by atoms with Gasteiger partial charge in [-0.3, -0.25) is 19.3 Å². The minimum absolute atomic E-state index is 0.210. The highest BCUT2D eigenvalue weighted by molar-refractivity contribution is 6.21. The summed E-state index contributed by atoms with van der Waals surface area (Å²) in [6.07, 6.45) is 1.24. The Hall–Kier alpha value is -3.13. The number of pyridine rings is 1. The van der Waals surface area contributed by atoms with Gasteiger partial charge in [0.2, 0.25) is 5.95 Å². The van der Waals surface area contributed by atoms with Crippen molar-refractivity contribution >= 4 is 17.7 Å². The maximum atomic E-state index is 13.1. The number of amides is 3. The quantitative estimate of drug-likeness (QED) is 0.530. The number of hydrogen-bond donors (Lipinski definition) is 1. The minimum atomic E-state index is -0.705. The first kappa shape index (κ1) is 23.2. The Morgan fingerprint density at radius 3 is 2.30 bits per heavy atom. The van der Waals surface area contributed by atoms with E-state index < -0.39 is 5.95 Å². The Morgan fingerprint density at radius 2 is 1.73 bits per heavy atom. The molecule has 8 heteroatoms. The molecule has 0 fully saturated rings. The van der Waals surface area contributed by atoms with Crippen LogP contribution in [0, 0.1) is 5.95 Å². The summed E-state index contributed by atoms with van der Waals surface area (Å²) in [5.41, 5.74) is 1.08. The number of carbonyl (C=O) groups is 3. The van der Waals surface area contributed by atoms with Gasteiger partial charge in [0.15, 0.2) is 0 Å². The third-order valence-corrected chi connectivity index (χ3v) is 4.67. The summed E-state index contributed by atoms with van der Waals surface area (Å²) in [5.74, 6) is -1.63. The van der Waals surface area contributed by atoms with Crippen LogP contribution in [-0.4, -0.2) is 65.2 Å². The number of aromatic nitrogens is 1. The van der Waals surface area contributed by atoms with Gasteiger partial charge in [-0.25, -0.2) is 4.98 Å². The molecule has 0 saturated carbocycles. The third kappa shape index (κ3) is 5.48. The molecule has 7 nitrogen and oxygen atoms in total. The van der Waals surface area contributed by atoms with Crippen molar-refractivity contribution in [3.8, 4) is 0 Å². The number of rotatable bonds is 8. The summed E-state index contributed by atoms with van der Waals surface area (Å²) in [6, 6.07) is 9.31. The van der Waals surface area contributed by atoms with Crippen LogP contribution in [0.5, 0.6) is 0 Å². The van der Waals surface area contributed by atoms with E-state index in [4.69, 9.17) is 0 Å². The molecule has 0 saturated heterocycles. The molecule has 160 valence electrons. The summed E-state index contributed by atoms with van der Waals surface area (Å²) in [6.45, 7) is 8.34. The van der Waals surface area contributed by atoms with E-state index in [1.807, 2.05) is 25.7 Å². The first-order valence-corrected chi connectivity index (χ1v) is 10.1. The topological polar surface area (TPSA) is 82.6 Å². The van der Waals surface area contributed by atoms with E-state index in [0.29, 0.717) is 37.3 Å². The Labute approximate surface area is 175 Å². The lowest BCUT2D eigenvalue weighted by Crippen LogP contribution is -2.41. The lowest BCUT2D eigenvalue weighted by Gasteiger charge is -2.23. The normalized spacial score (nSPS) is 12.5. The standard InChI is InChI=1S/C20H21FN4O3.C2H6/c1-2-24(10-9-23-18(26)14-7-8-22-17(21)13-14)11-12-25-19(27)15-5-3-4-6-16(15)20(25)28;1-2/h3-8,13H,2,9-12H2,1H3,(H,23,26);1-2H3. The first-order chi connectivity index (χ1) is 14.5. The van der Waals surface area contributed by atoms with Gasteiger partial charge < -0.3 is 10.2 Å². The van der Waals surface area contributed by atoms with Gasteiger partial charge in [-0.2, -0.15) is 4.39 Å². The zero-order valence-corrected chi connectivity index (χ0v) is 17.5. The van der Waals surface area contributed by atoms with Crippen molar-refractivity contribution in [1.29, 1.82) is 0 Å². The molecule has 0 atom stereocenters. The number of benzene rings is 1. The Kier molecular flexibility index (Phi) is 8.61. The van der Waals surface area contributed by atoms with Crippen LogP contribution in [0.3, 0.4) is 0 Å². The molecule has 30 heavy (non-hydrogen) atoms. The van der Waals surface area contributed by atoms with E-state index in [1.165, 1.54) is 17.2 Å². The van der Waals surface area contributed by atoms with Gasteiger partial charge in [0.25, 0.3) is 17.7 Å². The summed E-state index contributed by atoms with van der Waals surface area (Å²) < 4.78 is 13.1. The molecule has 1 aromatic heterocycles. The maximum Gasteiger partial charge on any atom is 0.261 e. The SMILES string of the molecule is CC.CCN(CCNC(=O)c1ccnc(F)c1)CCN1C(=O)c2ccccc2C1=O. The van der Waals surface area contributed by atoms with Gasteiger partial charge in [0.1, 0.15) is 0 Å². The number of carbonyl (C=O) groups excluding carboxylic acids is 3. The van der Waals surface area contributed by atoms with E-state index >= 15 is 0 Å². The predicted molar refractivity (Wildman–Crippen MR) is 112 cm³/mol. The van der Waals surface area contributed by atoms with E-state index in [2.05, 4.69) is 10.3 Å². The summed E-state index contributed by atoms with van der Waals surface area (Å²) in [7, 11) is 0. The van der Waals surface area contributed by atoms with Crippen molar-refractivity contribution in [2.75, 3.05) is 32.7 Å². The molecule has 0 radical (unpaired) electrons. The fourth-order valence-electron chi connectivity index (χ4n) is 3.08.